The molecule has 78 valence electrons. The van der Waals surface area contributed by atoms with E-state index in [-0.39, 0.29) is 6.42 Å². The molecule has 0 N–H and O–H groups in total. The number of aromatic nitrogens is 2. The Bertz CT molecular complexity index is 541. The van der Waals surface area contributed by atoms with Crippen LogP contribution < -0.4 is 0 Å². The van der Waals surface area contributed by atoms with Crippen molar-refractivity contribution in [3.05, 3.63) is 47.9 Å². The predicted octanol–water partition coefficient (Wildman–Crippen LogP) is 2.52. The van der Waals surface area contributed by atoms with Gasteiger partial charge in [0.05, 0.1) is 18.2 Å². The summed E-state index contributed by atoms with van der Waals surface area (Å²) in [6.45, 7) is 2.04. The average Bonchev–Trinajstić information content (AvgIpc) is 2.30. The van der Waals surface area contributed by atoms with Gasteiger partial charge >= 0.3 is 0 Å². The fourth-order valence-electron chi connectivity index (χ4n) is 1.57. The zero-order valence-electron chi connectivity index (χ0n) is 9.01. The van der Waals surface area contributed by atoms with Crippen molar-refractivity contribution in [2.45, 2.75) is 13.3 Å². The smallest absolute Gasteiger partial charge is 0.142 e. The molecule has 16 heavy (non-hydrogen) atoms. The van der Waals surface area contributed by atoms with Gasteiger partial charge in [0.15, 0.2) is 0 Å². The average molecular weight is 209 g/mol. The van der Waals surface area contributed by atoms with Crippen molar-refractivity contribution in [1.29, 1.82) is 5.26 Å². The minimum Gasteiger partial charge on any atom is -0.240 e. The molecule has 0 saturated heterocycles. The Labute approximate surface area is 94.4 Å². The zero-order valence-corrected chi connectivity index (χ0v) is 9.01. The molecule has 0 atom stereocenters. The van der Waals surface area contributed by atoms with Crippen LogP contribution in [0.3, 0.4) is 0 Å². The van der Waals surface area contributed by atoms with E-state index in [1.54, 1.807) is 6.20 Å². The zero-order chi connectivity index (χ0) is 11.4. The van der Waals surface area contributed by atoms with Gasteiger partial charge in [0.1, 0.15) is 5.82 Å². The van der Waals surface area contributed by atoms with Gasteiger partial charge in [-0.2, -0.15) is 5.26 Å². The molecular weight excluding hydrogens is 198 g/mol. The highest BCUT2D eigenvalue weighted by molar-refractivity contribution is 5.62. The van der Waals surface area contributed by atoms with Gasteiger partial charge < -0.3 is 0 Å². The lowest BCUT2D eigenvalue weighted by atomic mass is 10.1. The van der Waals surface area contributed by atoms with Crippen LogP contribution >= 0.6 is 0 Å². The van der Waals surface area contributed by atoms with E-state index in [0.29, 0.717) is 5.82 Å². The van der Waals surface area contributed by atoms with Crippen molar-refractivity contribution in [1.82, 2.24) is 9.97 Å². The first kappa shape index (κ1) is 10.3. The Morgan fingerprint density at radius 3 is 2.81 bits per heavy atom. The minimum atomic E-state index is 0.250. The molecule has 1 aromatic heterocycles. The molecule has 0 aliphatic heterocycles. The molecule has 2 aromatic rings. The lowest BCUT2D eigenvalue weighted by molar-refractivity contribution is 0.998. The second-order valence-corrected chi connectivity index (χ2v) is 3.51. The Balaban J connectivity index is 2.45. The molecule has 3 nitrogen and oxygen atoms in total. The number of nitriles is 1. The van der Waals surface area contributed by atoms with Crippen molar-refractivity contribution in [3.8, 4) is 17.3 Å². The van der Waals surface area contributed by atoms with Crippen LogP contribution in [0.2, 0.25) is 0 Å². The minimum absolute atomic E-state index is 0.250. The van der Waals surface area contributed by atoms with E-state index in [1.165, 1.54) is 5.56 Å². The monoisotopic (exact) mass is 209 g/mol. The van der Waals surface area contributed by atoms with Crippen molar-refractivity contribution < 1.29 is 0 Å². The molecule has 0 aliphatic carbocycles. The van der Waals surface area contributed by atoms with Crippen molar-refractivity contribution in [2.24, 2.45) is 0 Å². The fourth-order valence-corrected chi connectivity index (χ4v) is 1.57. The van der Waals surface area contributed by atoms with E-state index >= 15 is 0 Å². The van der Waals surface area contributed by atoms with Gasteiger partial charge in [0.2, 0.25) is 0 Å². The van der Waals surface area contributed by atoms with Crippen LogP contribution in [0.15, 0.2) is 36.5 Å². The van der Waals surface area contributed by atoms with E-state index < -0.39 is 0 Å². The lowest BCUT2D eigenvalue weighted by Gasteiger charge is -2.04. The second-order valence-electron chi connectivity index (χ2n) is 3.51. The van der Waals surface area contributed by atoms with Crippen molar-refractivity contribution in [3.63, 3.8) is 0 Å². The van der Waals surface area contributed by atoms with E-state index in [9.17, 15) is 0 Å². The fraction of sp³-hybridized carbons (Fsp3) is 0.154. The summed E-state index contributed by atoms with van der Waals surface area (Å²) in [5, 5.41) is 8.61. The van der Waals surface area contributed by atoms with Crippen LogP contribution in [0.25, 0.3) is 11.3 Å². The van der Waals surface area contributed by atoms with E-state index in [0.717, 1.165) is 11.3 Å². The largest absolute Gasteiger partial charge is 0.240 e. The summed E-state index contributed by atoms with van der Waals surface area (Å²) in [5.74, 6) is 0.572. The van der Waals surface area contributed by atoms with Crippen LogP contribution in [0.5, 0.6) is 0 Å². The van der Waals surface area contributed by atoms with Gasteiger partial charge in [-0.1, -0.05) is 24.3 Å². The SMILES string of the molecule is Cc1ccccc1-c1ccnc(CC#N)n1. The van der Waals surface area contributed by atoms with E-state index in [2.05, 4.69) is 16.0 Å². The lowest BCUT2D eigenvalue weighted by Crippen LogP contribution is -1.95. The molecule has 0 bridgehead atoms. The van der Waals surface area contributed by atoms with Crippen molar-refractivity contribution >= 4 is 0 Å². The van der Waals surface area contributed by atoms with E-state index in [4.69, 9.17) is 5.26 Å². The summed E-state index contributed by atoms with van der Waals surface area (Å²) < 4.78 is 0. The summed E-state index contributed by atoms with van der Waals surface area (Å²) in [4.78, 5) is 8.41. The number of aryl methyl sites for hydroxylation is 1. The Kier molecular flexibility index (Phi) is 2.93. The van der Waals surface area contributed by atoms with Crippen LogP contribution in [0.1, 0.15) is 11.4 Å². The third-order valence-electron chi connectivity index (χ3n) is 2.36. The van der Waals surface area contributed by atoms with Gasteiger partial charge in [-0.25, -0.2) is 9.97 Å². The van der Waals surface area contributed by atoms with Gasteiger partial charge in [-0.3, -0.25) is 0 Å². The number of benzene rings is 1. The number of rotatable bonds is 2. The summed E-state index contributed by atoms with van der Waals surface area (Å²) in [7, 11) is 0. The summed E-state index contributed by atoms with van der Waals surface area (Å²) in [6.07, 6.45) is 1.95. The molecule has 0 saturated carbocycles. The molecular formula is C13H11N3. The quantitative estimate of drug-likeness (QED) is 0.763. The van der Waals surface area contributed by atoms with Crippen LogP contribution in [-0.2, 0) is 6.42 Å². The first-order valence-corrected chi connectivity index (χ1v) is 5.06. The molecule has 0 fully saturated rings. The van der Waals surface area contributed by atoms with Crippen LogP contribution in [-0.4, -0.2) is 9.97 Å². The maximum Gasteiger partial charge on any atom is 0.142 e. The maximum atomic E-state index is 8.61. The Morgan fingerprint density at radius 1 is 1.25 bits per heavy atom. The Hall–Kier alpha value is -2.21. The van der Waals surface area contributed by atoms with Gasteiger partial charge in [0.25, 0.3) is 0 Å². The maximum absolute atomic E-state index is 8.61. The van der Waals surface area contributed by atoms with Crippen LogP contribution in [0, 0.1) is 18.3 Å². The number of hydrogen-bond donors (Lipinski definition) is 0. The summed E-state index contributed by atoms with van der Waals surface area (Å²) in [6, 6.07) is 12.0. The first-order chi connectivity index (χ1) is 7.81. The molecule has 0 amide bonds. The Morgan fingerprint density at radius 2 is 2.06 bits per heavy atom. The summed E-state index contributed by atoms with van der Waals surface area (Å²) >= 11 is 0. The van der Waals surface area contributed by atoms with Crippen LogP contribution in [0.4, 0.5) is 0 Å². The molecule has 0 radical (unpaired) electrons. The van der Waals surface area contributed by atoms with Gasteiger partial charge in [0, 0.05) is 11.8 Å². The third kappa shape index (κ3) is 2.06. The normalized spacial score (nSPS) is 9.75. The highest BCUT2D eigenvalue weighted by Crippen LogP contribution is 2.20. The van der Waals surface area contributed by atoms with Gasteiger partial charge in [-0.05, 0) is 18.6 Å². The second kappa shape index (κ2) is 4.54. The highest BCUT2D eigenvalue weighted by atomic mass is 14.9. The summed E-state index contributed by atoms with van der Waals surface area (Å²) in [5.41, 5.74) is 3.13. The molecule has 2 rings (SSSR count). The predicted molar refractivity (Wildman–Crippen MR) is 61.5 cm³/mol. The molecule has 1 heterocycles. The third-order valence-corrected chi connectivity index (χ3v) is 2.36. The first-order valence-electron chi connectivity index (χ1n) is 5.06. The molecule has 3 heteroatoms. The molecule has 0 aliphatic rings. The highest BCUT2D eigenvalue weighted by Gasteiger charge is 2.03. The molecule has 1 aromatic carbocycles. The van der Waals surface area contributed by atoms with Gasteiger partial charge in [-0.15, -0.1) is 0 Å². The number of hydrogen-bond acceptors (Lipinski definition) is 3. The molecule has 0 unspecified atom stereocenters. The standard InChI is InChI=1S/C13H11N3/c1-10-4-2-3-5-11(10)12-7-9-15-13(16-12)6-8-14/h2-5,7,9H,6H2,1H3. The van der Waals surface area contributed by atoms with E-state index in [1.807, 2.05) is 37.3 Å². The number of nitrogens with zero attached hydrogens (tertiary/aromatic N) is 3. The van der Waals surface area contributed by atoms with Crippen molar-refractivity contribution in [2.75, 3.05) is 0 Å². The molecule has 0 spiro atoms. The topological polar surface area (TPSA) is 49.6 Å².